The first-order chi connectivity index (χ1) is 19.2. The van der Waals surface area contributed by atoms with Crippen molar-refractivity contribution in [3.8, 4) is 11.3 Å². The molecule has 1 aliphatic heterocycles. The van der Waals surface area contributed by atoms with Gasteiger partial charge in [0.15, 0.2) is 0 Å². The van der Waals surface area contributed by atoms with E-state index in [0.717, 1.165) is 28.1 Å². The predicted octanol–water partition coefficient (Wildman–Crippen LogP) is 4.59. The molecule has 0 atom stereocenters. The van der Waals surface area contributed by atoms with Crippen molar-refractivity contribution < 1.29 is 8.91 Å². The van der Waals surface area contributed by atoms with Crippen LogP contribution in [-0.4, -0.2) is 63.8 Å². The van der Waals surface area contributed by atoms with Crippen molar-refractivity contribution in [1.29, 1.82) is 0 Å². The van der Waals surface area contributed by atoms with Crippen LogP contribution in [0.25, 0.3) is 11.3 Å². The fourth-order valence-electron chi connectivity index (χ4n) is 4.18. The lowest BCUT2D eigenvalue weighted by Gasteiger charge is -2.32. The third-order valence-corrected chi connectivity index (χ3v) is 6.35. The second kappa shape index (κ2) is 11.3. The molecule has 0 bridgehead atoms. The Morgan fingerprint density at radius 3 is 2.62 bits per heavy atom. The number of aryl methyl sites for hydroxylation is 1. The number of hydrogen-bond acceptors (Lipinski definition) is 7. The standard InChI is InChI=1S/C29H31N7O/c1-21-5-10-25(18-27(21)34-29-31-13-11-26(33-29)24-4-3-12-30-19-24)32-28(37)23-8-6-22(7-9-23)20-36-16-14-35(2)15-17-36/h3-13,18-19H,14-17,20H2,1-2H3,(H,32,37)(H,31,33,34)/i2D3. The van der Waals surface area contributed by atoms with Gasteiger partial charge in [-0.25, -0.2) is 9.97 Å². The van der Waals surface area contributed by atoms with Crippen LogP contribution in [0.5, 0.6) is 0 Å². The third-order valence-electron chi connectivity index (χ3n) is 6.35. The van der Waals surface area contributed by atoms with Crippen LogP contribution in [0, 0.1) is 6.92 Å². The van der Waals surface area contributed by atoms with E-state index in [2.05, 4.69) is 30.5 Å². The summed E-state index contributed by atoms with van der Waals surface area (Å²) >= 11 is 0. The van der Waals surface area contributed by atoms with Crippen LogP contribution in [0.3, 0.4) is 0 Å². The molecule has 0 aliphatic carbocycles. The van der Waals surface area contributed by atoms with Crippen molar-refractivity contribution in [3.63, 3.8) is 0 Å². The molecule has 4 aromatic rings. The molecule has 1 saturated heterocycles. The van der Waals surface area contributed by atoms with Gasteiger partial charge in [-0.3, -0.25) is 14.7 Å². The first-order valence-corrected chi connectivity index (χ1v) is 12.2. The minimum atomic E-state index is -2.03. The number of amides is 1. The minimum Gasteiger partial charge on any atom is -0.324 e. The molecule has 188 valence electrons. The molecule has 1 amide bonds. The van der Waals surface area contributed by atoms with Crippen molar-refractivity contribution in [1.82, 2.24) is 24.8 Å². The molecule has 3 heterocycles. The smallest absolute Gasteiger partial charge is 0.255 e. The Labute approximate surface area is 221 Å². The lowest BCUT2D eigenvalue weighted by atomic mass is 10.1. The molecule has 1 aliphatic rings. The molecule has 8 nitrogen and oxygen atoms in total. The zero-order valence-corrected chi connectivity index (χ0v) is 20.7. The van der Waals surface area contributed by atoms with Crippen LogP contribution < -0.4 is 10.6 Å². The maximum absolute atomic E-state index is 13.0. The number of anilines is 3. The van der Waals surface area contributed by atoms with Crippen LogP contribution in [0.2, 0.25) is 0 Å². The fraction of sp³-hybridized carbons (Fsp3) is 0.241. The number of hydrogen-bond donors (Lipinski definition) is 2. The Bertz CT molecular complexity index is 1450. The van der Waals surface area contributed by atoms with Crippen LogP contribution in [0.1, 0.15) is 25.6 Å². The van der Waals surface area contributed by atoms with Gasteiger partial charge in [-0.15, -0.1) is 0 Å². The van der Waals surface area contributed by atoms with Crippen LogP contribution in [0.4, 0.5) is 17.3 Å². The Morgan fingerprint density at radius 1 is 1.03 bits per heavy atom. The first-order valence-electron chi connectivity index (χ1n) is 13.7. The maximum Gasteiger partial charge on any atom is 0.255 e. The highest BCUT2D eigenvalue weighted by Crippen LogP contribution is 2.24. The number of rotatable bonds is 7. The molecule has 5 rings (SSSR count). The molecule has 0 saturated carbocycles. The molecular formula is C29H31N7O. The van der Waals surface area contributed by atoms with E-state index in [1.807, 2.05) is 67.6 Å². The number of likely N-dealkylation sites (N-methyl/N-ethyl adjacent to an activating group) is 1. The van der Waals surface area contributed by atoms with Crippen molar-refractivity contribution in [2.45, 2.75) is 13.5 Å². The van der Waals surface area contributed by atoms with Gasteiger partial charge in [0.05, 0.1) is 5.69 Å². The van der Waals surface area contributed by atoms with Crippen LogP contribution in [0.15, 0.2) is 79.3 Å². The van der Waals surface area contributed by atoms with Gasteiger partial charge >= 0.3 is 0 Å². The average Bonchev–Trinajstić information content (AvgIpc) is 2.96. The van der Waals surface area contributed by atoms with Gasteiger partial charge in [-0.2, -0.15) is 0 Å². The number of piperazine rings is 1. The van der Waals surface area contributed by atoms with E-state index in [1.54, 1.807) is 18.6 Å². The largest absolute Gasteiger partial charge is 0.324 e. The zero-order chi connectivity index (χ0) is 28.1. The third kappa shape index (κ3) is 6.35. The number of nitrogens with zero attached hydrogens (tertiary/aromatic N) is 5. The van der Waals surface area contributed by atoms with Crippen molar-refractivity contribution in [2.24, 2.45) is 0 Å². The molecular weight excluding hydrogens is 462 g/mol. The van der Waals surface area contributed by atoms with Gasteiger partial charge in [0.2, 0.25) is 5.95 Å². The van der Waals surface area contributed by atoms with Gasteiger partial charge in [0.25, 0.3) is 5.91 Å². The minimum absolute atomic E-state index is 0.206. The van der Waals surface area contributed by atoms with E-state index >= 15 is 0 Å². The van der Waals surface area contributed by atoms with E-state index in [1.165, 1.54) is 4.90 Å². The summed E-state index contributed by atoms with van der Waals surface area (Å²) in [7, 11) is 0. The summed E-state index contributed by atoms with van der Waals surface area (Å²) in [5, 5.41) is 6.23. The summed E-state index contributed by atoms with van der Waals surface area (Å²) in [5.74, 6) is 0.241. The van der Waals surface area contributed by atoms with Gasteiger partial charge in [0.1, 0.15) is 0 Å². The highest BCUT2D eigenvalue weighted by molar-refractivity contribution is 6.04. The number of carbonyl (C=O) groups excluding carboxylic acids is 1. The number of nitrogens with one attached hydrogen (secondary N) is 2. The fourth-order valence-corrected chi connectivity index (χ4v) is 4.18. The highest BCUT2D eigenvalue weighted by Gasteiger charge is 2.14. The Balaban J connectivity index is 1.20. The topological polar surface area (TPSA) is 86.3 Å². The highest BCUT2D eigenvalue weighted by atomic mass is 16.1. The van der Waals surface area contributed by atoms with E-state index in [4.69, 9.17) is 4.11 Å². The molecule has 2 N–H and O–H groups in total. The van der Waals surface area contributed by atoms with Crippen LogP contribution in [-0.2, 0) is 6.54 Å². The molecule has 2 aromatic carbocycles. The second-order valence-electron chi connectivity index (χ2n) is 9.08. The lowest BCUT2D eigenvalue weighted by Crippen LogP contribution is -2.43. The first kappa shape index (κ1) is 21.0. The number of pyridine rings is 1. The Hall–Kier alpha value is -4.14. The van der Waals surface area contributed by atoms with E-state index in [0.29, 0.717) is 49.9 Å². The molecule has 8 heteroatoms. The molecule has 0 spiro atoms. The molecule has 37 heavy (non-hydrogen) atoms. The SMILES string of the molecule is [2H]C([2H])([2H])N1CCN(Cc2ccc(C(=O)Nc3ccc(C)c(Nc4nccc(-c5cccnc5)n4)c3)cc2)CC1. The Kier molecular flexibility index (Phi) is 6.40. The molecule has 2 aromatic heterocycles. The van der Waals surface area contributed by atoms with Gasteiger partial charge in [-0.05, 0) is 67.5 Å². The van der Waals surface area contributed by atoms with E-state index in [-0.39, 0.29) is 5.91 Å². The van der Waals surface area contributed by atoms with Gasteiger partial charge in [-0.1, -0.05) is 18.2 Å². The number of aromatic nitrogens is 3. The van der Waals surface area contributed by atoms with Crippen LogP contribution >= 0.6 is 0 Å². The normalized spacial score (nSPS) is 15.9. The quantitative estimate of drug-likeness (QED) is 0.387. The number of benzene rings is 2. The Morgan fingerprint density at radius 2 is 1.86 bits per heavy atom. The average molecular weight is 497 g/mol. The summed E-state index contributed by atoms with van der Waals surface area (Å²) in [6, 6.07) is 18.8. The molecule has 0 radical (unpaired) electrons. The number of carbonyl (C=O) groups is 1. The predicted molar refractivity (Wildman–Crippen MR) is 147 cm³/mol. The summed E-state index contributed by atoms with van der Waals surface area (Å²) < 4.78 is 22.7. The maximum atomic E-state index is 13.0. The summed E-state index contributed by atoms with van der Waals surface area (Å²) in [6.45, 7) is 3.09. The van der Waals surface area contributed by atoms with Crippen molar-refractivity contribution in [3.05, 3.63) is 95.9 Å². The summed E-state index contributed by atoms with van der Waals surface area (Å²) in [5.41, 5.74) is 5.71. The van der Waals surface area contributed by atoms with E-state index in [9.17, 15) is 4.79 Å². The summed E-state index contributed by atoms with van der Waals surface area (Å²) in [4.78, 5) is 29.8. The van der Waals surface area contributed by atoms with Crippen molar-refractivity contribution >= 4 is 23.2 Å². The summed E-state index contributed by atoms with van der Waals surface area (Å²) in [6.07, 6.45) is 5.17. The second-order valence-corrected chi connectivity index (χ2v) is 9.08. The molecule has 0 unspecified atom stereocenters. The molecule has 1 fully saturated rings. The zero-order valence-electron chi connectivity index (χ0n) is 23.7. The van der Waals surface area contributed by atoms with E-state index < -0.39 is 6.98 Å². The van der Waals surface area contributed by atoms with Gasteiger partial charge < -0.3 is 15.5 Å². The van der Waals surface area contributed by atoms with Gasteiger partial charge in [0, 0.05) is 77.9 Å². The monoisotopic (exact) mass is 496 g/mol. The van der Waals surface area contributed by atoms with Crippen molar-refractivity contribution in [2.75, 3.05) is 43.8 Å². The lowest BCUT2D eigenvalue weighted by molar-refractivity contribution is 0.102.